The molecule has 0 unspecified atom stereocenters. The number of aromatic nitrogens is 3. The molecule has 3 heteroatoms. The van der Waals surface area contributed by atoms with Gasteiger partial charge in [-0.15, -0.1) is 0 Å². The molecule has 0 bridgehead atoms. The molecular formula is C20H13N3. The van der Waals surface area contributed by atoms with Crippen molar-refractivity contribution in [1.29, 1.82) is 0 Å². The van der Waals surface area contributed by atoms with Gasteiger partial charge >= 0.3 is 0 Å². The molecule has 0 aliphatic rings. The molecule has 3 aromatic carbocycles. The van der Waals surface area contributed by atoms with E-state index in [4.69, 9.17) is 0 Å². The van der Waals surface area contributed by atoms with E-state index in [1.807, 2.05) is 12.3 Å². The number of H-pyrrole nitrogens is 1. The molecule has 23 heavy (non-hydrogen) atoms. The van der Waals surface area contributed by atoms with E-state index >= 15 is 0 Å². The Morgan fingerprint density at radius 1 is 0.739 bits per heavy atom. The summed E-state index contributed by atoms with van der Waals surface area (Å²) < 4.78 is 0. The lowest BCUT2D eigenvalue weighted by molar-refractivity contribution is 1.22. The zero-order valence-corrected chi connectivity index (χ0v) is 12.3. The predicted molar refractivity (Wildman–Crippen MR) is 94.3 cm³/mol. The summed E-state index contributed by atoms with van der Waals surface area (Å²) in [6.07, 6.45) is 3.44. The van der Waals surface area contributed by atoms with Gasteiger partial charge in [-0.25, -0.2) is 9.97 Å². The van der Waals surface area contributed by atoms with Crippen LogP contribution >= 0.6 is 0 Å². The lowest BCUT2D eigenvalue weighted by Gasteiger charge is -2.04. The minimum absolute atomic E-state index is 0.969. The molecular weight excluding hydrogens is 282 g/mol. The van der Waals surface area contributed by atoms with E-state index in [1.54, 1.807) is 6.33 Å². The smallest absolute Gasteiger partial charge is 0.116 e. The van der Waals surface area contributed by atoms with Gasteiger partial charge in [0.25, 0.3) is 0 Å². The Kier molecular flexibility index (Phi) is 2.50. The van der Waals surface area contributed by atoms with Crippen molar-refractivity contribution in [3.05, 3.63) is 73.2 Å². The minimum Gasteiger partial charge on any atom is -0.355 e. The van der Waals surface area contributed by atoms with E-state index in [-0.39, 0.29) is 0 Å². The third-order valence-corrected chi connectivity index (χ3v) is 4.34. The van der Waals surface area contributed by atoms with Gasteiger partial charge in [0.15, 0.2) is 0 Å². The highest BCUT2D eigenvalue weighted by atomic mass is 14.8. The van der Waals surface area contributed by atoms with Gasteiger partial charge in [-0.3, -0.25) is 0 Å². The van der Waals surface area contributed by atoms with Crippen LogP contribution in [0.25, 0.3) is 43.8 Å². The van der Waals surface area contributed by atoms with Gasteiger partial charge in [-0.05, 0) is 41.5 Å². The molecule has 0 aliphatic carbocycles. The largest absolute Gasteiger partial charge is 0.355 e. The molecule has 0 atom stereocenters. The predicted octanol–water partition coefficient (Wildman–Crippen LogP) is 4.93. The number of rotatable bonds is 1. The van der Waals surface area contributed by atoms with Crippen LogP contribution < -0.4 is 0 Å². The number of hydrogen-bond acceptors (Lipinski definition) is 2. The third kappa shape index (κ3) is 1.90. The molecule has 3 nitrogen and oxygen atoms in total. The maximum atomic E-state index is 4.28. The van der Waals surface area contributed by atoms with E-state index < -0.39 is 0 Å². The third-order valence-electron chi connectivity index (χ3n) is 4.34. The van der Waals surface area contributed by atoms with Gasteiger partial charge in [0.2, 0.25) is 0 Å². The summed E-state index contributed by atoms with van der Waals surface area (Å²) in [5.74, 6) is 0. The van der Waals surface area contributed by atoms with E-state index in [0.717, 1.165) is 10.9 Å². The molecule has 0 radical (unpaired) electrons. The first-order valence-electron chi connectivity index (χ1n) is 7.59. The SMILES string of the molecule is c1ccc2c(c1)[nH]c1ccc(-c3ccc4ncncc4c3)cc12. The zero-order chi connectivity index (χ0) is 15.2. The molecule has 0 fully saturated rings. The maximum Gasteiger partial charge on any atom is 0.116 e. The van der Waals surface area contributed by atoms with Crippen molar-refractivity contribution in [2.24, 2.45) is 0 Å². The summed E-state index contributed by atoms with van der Waals surface area (Å²) in [4.78, 5) is 11.9. The van der Waals surface area contributed by atoms with Gasteiger partial charge in [-0.1, -0.05) is 30.3 Å². The second-order valence-corrected chi connectivity index (χ2v) is 5.73. The monoisotopic (exact) mass is 295 g/mol. The number of benzene rings is 3. The van der Waals surface area contributed by atoms with Crippen molar-refractivity contribution < 1.29 is 0 Å². The molecule has 0 amide bonds. The average Bonchev–Trinajstić information content (AvgIpc) is 2.99. The molecule has 1 N–H and O–H groups in total. The van der Waals surface area contributed by atoms with E-state index in [1.165, 1.54) is 32.9 Å². The summed E-state index contributed by atoms with van der Waals surface area (Å²) in [7, 11) is 0. The van der Waals surface area contributed by atoms with Gasteiger partial charge in [0.05, 0.1) is 5.52 Å². The Hall–Kier alpha value is -3.20. The van der Waals surface area contributed by atoms with Crippen molar-refractivity contribution in [2.45, 2.75) is 0 Å². The van der Waals surface area contributed by atoms with Crippen LogP contribution in [0.4, 0.5) is 0 Å². The number of fused-ring (bicyclic) bond motifs is 4. The Balaban J connectivity index is 1.76. The van der Waals surface area contributed by atoms with Crippen LogP contribution in [-0.2, 0) is 0 Å². The quantitative estimate of drug-likeness (QED) is 0.476. The number of para-hydroxylation sites is 1. The van der Waals surface area contributed by atoms with Gasteiger partial charge < -0.3 is 4.98 Å². The van der Waals surface area contributed by atoms with E-state index in [2.05, 4.69) is 69.5 Å². The molecule has 0 aliphatic heterocycles. The highest BCUT2D eigenvalue weighted by Crippen LogP contribution is 2.30. The zero-order valence-electron chi connectivity index (χ0n) is 12.3. The van der Waals surface area contributed by atoms with Gasteiger partial charge in [0.1, 0.15) is 6.33 Å². The lowest BCUT2D eigenvalue weighted by atomic mass is 10.0. The number of aromatic amines is 1. The molecule has 0 saturated heterocycles. The number of hydrogen-bond donors (Lipinski definition) is 1. The highest BCUT2D eigenvalue weighted by molar-refractivity contribution is 6.08. The summed E-state index contributed by atoms with van der Waals surface area (Å²) >= 11 is 0. The first kappa shape index (κ1) is 12.4. The fourth-order valence-corrected chi connectivity index (χ4v) is 3.19. The summed E-state index contributed by atoms with van der Waals surface area (Å²) in [6, 6.07) is 21.3. The normalized spacial score (nSPS) is 11.5. The maximum absolute atomic E-state index is 4.28. The second-order valence-electron chi connectivity index (χ2n) is 5.73. The van der Waals surface area contributed by atoms with Crippen molar-refractivity contribution >= 4 is 32.7 Å². The molecule has 2 heterocycles. The van der Waals surface area contributed by atoms with E-state index in [9.17, 15) is 0 Å². The van der Waals surface area contributed by atoms with Crippen LogP contribution in [0.5, 0.6) is 0 Å². The van der Waals surface area contributed by atoms with Crippen LogP contribution in [0, 0.1) is 0 Å². The standard InChI is InChI=1S/C20H13N3/c1-2-4-19-16(3-1)17-10-14(6-8-20(17)23-19)13-5-7-18-15(9-13)11-21-12-22-18/h1-12,23H. The Morgan fingerprint density at radius 3 is 2.57 bits per heavy atom. The van der Waals surface area contributed by atoms with Crippen LogP contribution in [0.15, 0.2) is 73.2 Å². The number of nitrogens with one attached hydrogen (secondary N) is 1. The summed E-state index contributed by atoms with van der Waals surface area (Å²) in [5, 5.41) is 3.57. The highest BCUT2D eigenvalue weighted by Gasteiger charge is 2.06. The molecule has 0 spiro atoms. The van der Waals surface area contributed by atoms with Gasteiger partial charge in [0, 0.05) is 33.4 Å². The minimum atomic E-state index is 0.969. The molecule has 0 saturated carbocycles. The van der Waals surface area contributed by atoms with E-state index in [0.29, 0.717) is 0 Å². The van der Waals surface area contributed by atoms with Crippen molar-refractivity contribution in [3.8, 4) is 11.1 Å². The molecule has 108 valence electrons. The van der Waals surface area contributed by atoms with Crippen LogP contribution in [0.2, 0.25) is 0 Å². The van der Waals surface area contributed by atoms with Crippen LogP contribution in [0.3, 0.4) is 0 Å². The molecule has 2 aromatic heterocycles. The number of nitrogens with zero attached hydrogens (tertiary/aromatic N) is 2. The van der Waals surface area contributed by atoms with Gasteiger partial charge in [-0.2, -0.15) is 0 Å². The second kappa shape index (κ2) is 4.65. The van der Waals surface area contributed by atoms with Crippen LogP contribution in [-0.4, -0.2) is 15.0 Å². The van der Waals surface area contributed by atoms with Crippen molar-refractivity contribution in [1.82, 2.24) is 15.0 Å². The lowest BCUT2D eigenvalue weighted by Crippen LogP contribution is -1.83. The first-order valence-corrected chi connectivity index (χ1v) is 7.59. The fourth-order valence-electron chi connectivity index (χ4n) is 3.19. The first-order chi connectivity index (χ1) is 11.4. The summed E-state index contributed by atoms with van der Waals surface area (Å²) in [6.45, 7) is 0. The molecule has 5 rings (SSSR count). The average molecular weight is 295 g/mol. The Morgan fingerprint density at radius 2 is 1.57 bits per heavy atom. The van der Waals surface area contributed by atoms with Crippen molar-refractivity contribution in [3.63, 3.8) is 0 Å². The van der Waals surface area contributed by atoms with Crippen LogP contribution in [0.1, 0.15) is 0 Å². The van der Waals surface area contributed by atoms with Crippen molar-refractivity contribution in [2.75, 3.05) is 0 Å². The summed E-state index contributed by atoms with van der Waals surface area (Å²) in [5.41, 5.74) is 5.69. The molecule has 5 aromatic rings. The Bertz CT molecular complexity index is 1170. The Labute approximate surface area is 132 Å². The topological polar surface area (TPSA) is 41.6 Å². The fraction of sp³-hybridized carbons (Fsp3) is 0.